The first-order chi connectivity index (χ1) is 12.6. The molecule has 2 heterocycles. The lowest BCUT2D eigenvalue weighted by molar-refractivity contribution is 0.0903. The van der Waals surface area contributed by atoms with Crippen molar-refractivity contribution in [1.29, 1.82) is 0 Å². The van der Waals surface area contributed by atoms with Crippen LogP contribution < -0.4 is 10.1 Å². The van der Waals surface area contributed by atoms with E-state index in [0.29, 0.717) is 24.8 Å². The molecule has 6 heteroatoms. The number of carbonyl (C=O) groups is 1. The van der Waals surface area contributed by atoms with Gasteiger partial charge in [-0.25, -0.2) is 0 Å². The third kappa shape index (κ3) is 5.30. The standard InChI is InChI=1S/C20H27N3O2S/c1-16(23-10-8-22(2)9-11-23)14-21-20(24)17-5-3-6-18(13-17)25-15-19-7-4-12-26-19/h3-7,12-13,16H,8-11,14-15H2,1-2H3,(H,21,24). The fourth-order valence-electron chi connectivity index (χ4n) is 3.01. The quantitative estimate of drug-likeness (QED) is 0.811. The maximum absolute atomic E-state index is 12.5. The Labute approximate surface area is 159 Å². The van der Waals surface area contributed by atoms with Crippen molar-refractivity contribution in [3.05, 3.63) is 52.2 Å². The van der Waals surface area contributed by atoms with Crippen LogP contribution in [0.25, 0.3) is 0 Å². The minimum Gasteiger partial charge on any atom is -0.488 e. The van der Waals surface area contributed by atoms with Gasteiger partial charge in [-0.05, 0) is 43.6 Å². The van der Waals surface area contributed by atoms with Crippen LogP contribution in [0.2, 0.25) is 0 Å². The van der Waals surface area contributed by atoms with Gasteiger partial charge in [0.2, 0.25) is 0 Å². The highest BCUT2D eigenvalue weighted by Gasteiger charge is 2.19. The molecule has 0 saturated carbocycles. The fourth-order valence-corrected chi connectivity index (χ4v) is 3.63. The zero-order valence-electron chi connectivity index (χ0n) is 15.5. The number of benzene rings is 1. The Morgan fingerprint density at radius 3 is 2.77 bits per heavy atom. The van der Waals surface area contributed by atoms with Gasteiger partial charge in [0.25, 0.3) is 5.91 Å². The largest absolute Gasteiger partial charge is 0.488 e. The van der Waals surface area contributed by atoms with Crippen LogP contribution in [0.4, 0.5) is 0 Å². The van der Waals surface area contributed by atoms with E-state index in [-0.39, 0.29) is 5.91 Å². The van der Waals surface area contributed by atoms with E-state index in [2.05, 4.69) is 29.1 Å². The van der Waals surface area contributed by atoms with Gasteiger partial charge in [-0.2, -0.15) is 0 Å². The molecule has 26 heavy (non-hydrogen) atoms. The highest BCUT2D eigenvalue weighted by atomic mass is 32.1. The molecule has 1 aromatic heterocycles. The second kappa shape index (κ2) is 9.16. The van der Waals surface area contributed by atoms with Gasteiger partial charge >= 0.3 is 0 Å². The van der Waals surface area contributed by atoms with Gasteiger partial charge < -0.3 is 15.0 Å². The van der Waals surface area contributed by atoms with Crippen molar-refractivity contribution in [2.45, 2.75) is 19.6 Å². The monoisotopic (exact) mass is 373 g/mol. The molecule has 0 bridgehead atoms. The number of nitrogens with one attached hydrogen (secondary N) is 1. The van der Waals surface area contributed by atoms with Crippen molar-refractivity contribution in [3.8, 4) is 5.75 Å². The number of piperazine rings is 1. The summed E-state index contributed by atoms with van der Waals surface area (Å²) in [5, 5.41) is 5.09. The fraction of sp³-hybridized carbons (Fsp3) is 0.450. The number of thiophene rings is 1. The summed E-state index contributed by atoms with van der Waals surface area (Å²) in [5.41, 5.74) is 0.638. The predicted molar refractivity (Wildman–Crippen MR) is 106 cm³/mol. The van der Waals surface area contributed by atoms with E-state index in [9.17, 15) is 4.79 Å². The smallest absolute Gasteiger partial charge is 0.251 e. The molecule has 1 atom stereocenters. The number of rotatable bonds is 7. The molecule has 140 valence electrons. The van der Waals surface area contributed by atoms with Gasteiger partial charge in [-0.1, -0.05) is 12.1 Å². The van der Waals surface area contributed by atoms with Crippen LogP contribution >= 0.6 is 11.3 Å². The summed E-state index contributed by atoms with van der Waals surface area (Å²) in [6, 6.07) is 11.8. The van der Waals surface area contributed by atoms with Gasteiger partial charge in [-0.15, -0.1) is 11.3 Å². The van der Waals surface area contributed by atoms with E-state index < -0.39 is 0 Å². The number of amides is 1. The van der Waals surface area contributed by atoms with E-state index in [4.69, 9.17) is 4.74 Å². The highest BCUT2D eigenvalue weighted by Crippen LogP contribution is 2.17. The van der Waals surface area contributed by atoms with Gasteiger partial charge in [0.1, 0.15) is 12.4 Å². The van der Waals surface area contributed by atoms with Crippen LogP contribution in [0.5, 0.6) is 5.75 Å². The number of hydrogen-bond acceptors (Lipinski definition) is 5. The molecular formula is C20H27N3O2S. The molecule has 1 aliphatic rings. The molecule has 1 amide bonds. The zero-order chi connectivity index (χ0) is 18.4. The van der Waals surface area contributed by atoms with Crippen molar-refractivity contribution >= 4 is 17.2 Å². The Kier molecular flexibility index (Phi) is 6.66. The highest BCUT2D eigenvalue weighted by molar-refractivity contribution is 7.09. The minimum atomic E-state index is -0.0486. The van der Waals surface area contributed by atoms with Crippen LogP contribution in [0.3, 0.4) is 0 Å². The lowest BCUT2D eigenvalue weighted by Crippen LogP contribution is -2.51. The Morgan fingerprint density at radius 2 is 2.04 bits per heavy atom. The lowest BCUT2D eigenvalue weighted by Gasteiger charge is -2.36. The summed E-state index contributed by atoms with van der Waals surface area (Å²) in [4.78, 5) is 18.4. The van der Waals surface area contributed by atoms with Crippen molar-refractivity contribution < 1.29 is 9.53 Å². The summed E-state index contributed by atoms with van der Waals surface area (Å²) in [7, 11) is 2.15. The molecule has 1 fully saturated rings. The number of hydrogen-bond donors (Lipinski definition) is 1. The number of nitrogens with zero attached hydrogens (tertiary/aromatic N) is 2. The Bertz CT molecular complexity index is 697. The molecule has 2 aromatic rings. The molecule has 1 unspecified atom stereocenters. The molecular weight excluding hydrogens is 346 g/mol. The van der Waals surface area contributed by atoms with Crippen LogP contribution in [0.15, 0.2) is 41.8 Å². The van der Waals surface area contributed by atoms with Crippen LogP contribution in [0.1, 0.15) is 22.2 Å². The first-order valence-corrected chi connectivity index (χ1v) is 9.96. The van der Waals surface area contributed by atoms with E-state index in [1.165, 1.54) is 4.88 Å². The Balaban J connectivity index is 1.48. The van der Waals surface area contributed by atoms with Gasteiger partial charge in [0.05, 0.1) is 0 Å². The normalized spacial score (nSPS) is 17.0. The average Bonchev–Trinajstić information content (AvgIpc) is 3.18. The summed E-state index contributed by atoms with van der Waals surface area (Å²) in [6.07, 6.45) is 0. The first kappa shape index (κ1) is 18.9. The van der Waals surface area contributed by atoms with Crippen molar-refractivity contribution in [2.75, 3.05) is 39.8 Å². The maximum Gasteiger partial charge on any atom is 0.251 e. The Morgan fingerprint density at radius 1 is 1.23 bits per heavy atom. The third-order valence-corrected chi connectivity index (χ3v) is 5.63. The summed E-state index contributed by atoms with van der Waals surface area (Å²) >= 11 is 1.67. The average molecular weight is 374 g/mol. The third-order valence-electron chi connectivity index (χ3n) is 4.78. The SMILES string of the molecule is CC(CNC(=O)c1cccc(OCc2cccs2)c1)N1CCN(C)CC1. The molecule has 1 aromatic carbocycles. The lowest BCUT2D eigenvalue weighted by atomic mass is 10.2. The maximum atomic E-state index is 12.5. The van der Waals surface area contributed by atoms with Gasteiger partial charge in [0, 0.05) is 49.2 Å². The van der Waals surface area contributed by atoms with E-state index in [1.807, 2.05) is 41.8 Å². The van der Waals surface area contributed by atoms with E-state index in [0.717, 1.165) is 31.9 Å². The molecule has 0 radical (unpaired) electrons. The van der Waals surface area contributed by atoms with Crippen molar-refractivity contribution in [3.63, 3.8) is 0 Å². The second-order valence-electron chi connectivity index (χ2n) is 6.79. The van der Waals surface area contributed by atoms with E-state index in [1.54, 1.807) is 11.3 Å². The topological polar surface area (TPSA) is 44.8 Å². The molecule has 1 aliphatic heterocycles. The van der Waals surface area contributed by atoms with Crippen LogP contribution in [0, 0.1) is 0 Å². The molecule has 5 nitrogen and oxygen atoms in total. The number of ether oxygens (including phenoxy) is 1. The van der Waals surface area contributed by atoms with Gasteiger partial charge in [0.15, 0.2) is 0 Å². The molecule has 1 saturated heterocycles. The summed E-state index contributed by atoms with van der Waals surface area (Å²) in [5.74, 6) is 0.672. The Hall–Kier alpha value is -1.89. The summed E-state index contributed by atoms with van der Waals surface area (Å²) < 4.78 is 5.79. The first-order valence-electron chi connectivity index (χ1n) is 9.08. The van der Waals surface area contributed by atoms with Crippen LogP contribution in [-0.4, -0.2) is 61.5 Å². The molecule has 0 spiro atoms. The number of carbonyl (C=O) groups excluding carboxylic acids is 1. The molecule has 3 rings (SSSR count). The molecule has 1 N–H and O–H groups in total. The van der Waals surface area contributed by atoms with Crippen molar-refractivity contribution in [2.24, 2.45) is 0 Å². The summed E-state index contributed by atoms with van der Waals surface area (Å²) in [6.45, 7) is 7.64. The zero-order valence-corrected chi connectivity index (χ0v) is 16.3. The van der Waals surface area contributed by atoms with E-state index >= 15 is 0 Å². The minimum absolute atomic E-state index is 0.0486. The molecule has 0 aliphatic carbocycles. The van der Waals surface area contributed by atoms with Gasteiger partial charge in [-0.3, -0.25) is 9.69 Å². The van der Waals surface area contributed by atoms with Crippen molar-refractivity contribution in [1.82, 2.24) is 15.1 Å². The number of likely N-dealkylation sites (N-methyl/N-ethyl adjacent to an activating group) is 1. The second-order valence-corrected chi connectivity index (χ2v) is 7.83. The van der Waals surface area contributed by atoms with Crippen LogP contribution in [-0.2, 0) is 6.61 Å². The predicted octanol–water partition coefficient (Wildman–Crippen LogP) is 2.69.